The number of amides is 1. The Labute approximate surface area is 151 Å². The number of hydrogen-bond acceptors (Lipinski definition) is 5. The molecule has 8 heteroatoms. The molecule has 1 aromatic carbocycles. The van der Waals surface area contributed by atoms with Gasteiger partial charge in [0.05, 0.1) is 5.69 Å². The molecule has 25 heavy (non-hydrogen) atoms. The van der Waals surface area contributed by atoms with E-state index in [1.54, 1.807) is 24.5 Å². The minimum absolute atomic E-state index is 0.157. The number of hydrogen-bond donors (Lipinski definition) is 1. The Kier molecular flexibility index (Phi) is 5.49. The summed E-state index contributed by atoms with van der Waals surface area (Å²) in [6.07, 6.45) is 4.51. The molecule has 0 saturated heterocycles. The Balaban J connectivity index is 1.49. The zero-order valence-corrected chi connectivity index (χ0v) is 14.7. The molecule has 0 spiro atoms. The molecule has 0 saturated carbocycles. The predicted molar refractivity (Wildman–Crippen MR) is 93.2 cm³/mol. The maximum atomic E-state index is 13.7. The Morgan fingerprint density at radius 1 is 1.32 bits per heavy atom. The van der Waals surface area contributed by atoms with Gasteiger partial charge in [-0.05, 0) is 36.8 Å². The Bertz CT molecular complexity index is 870. The Morgan fingerprint density at radius 3 is 2.96 bits per heavy atom. The van der Waals surface area contributed by atoms with Crippen molar-refractivity contribution in [3.63, 3.8) is 0 Å². The molecule has 0 aliphatic heterocycles. The van der Waals surface area contributed by atoms with E-state index < -0.39 is 5.82 Å². The highest BCUT2D eigenvalue weighted by Crippen LogP contribution is 2.20. The topological polar surface area (TPSA) is 80.9 Å². The van der Waals surface area contributed by atoms with Crippen LogP contribution in [0.25, 0.3) is 11.4 Å². The lowest BCUT2D eigenvalue weighted by Crippen LogP contribution is -2.12. The summed E-state index contributed by atoms with van der Waals surface area (Å²) in [5, 5.41) is 6.44. The molecule has 3 rings (SSSR count). The average molecular weight is 405 g/mol. The molecule has 0 bridgehead atoms. The molecule has 0 atom stereocenters. The van der Waals surface area contributed by atoms with Crippen molar-refractivity contribution >= 4 is 27.5 Å². The van der Waals surface area contributed by atoms with Crippen LogP contribution in [0.1, 0.15) is 18.7 Å². The highest BCUT2D eigenvalue weighted by molar-refractivity contribution is 9.10. The van der Waals surface area contributed by atoms with Crippen LogP contribution in [0, 0.1) is 5.82 Å². The van der Waals surface area contributed by atoms with Gasteiger partial charge < -0.3 is 9.84 Å². The molecule has 0 unspecified atom stereocenters. The van der Waals surface area contributed by atoms with E-state index in [2.05, 4.69) is 36.4 Å². The molecule has 0 aliphatic rings. The molecule has 0 fully saturated rings. The van der Waals surface area contributed by atoms with Gasteiger partial charge in [-0.2, -0.15) is 4.98 Å². The zero-order valence-electron chi connectivity index (χ0n) is 13.1. The van der Waals surface area contributed by atoms with Gasteiger partial charge in [0.15, 0.2) is 0 Å². The summed E-state index contributed by atoms with van der Waals surface area (Å²) in [5.41, 5.74) is 0.922. The SMILES string of the molecule is O=C(CCCc1nc(-c2cccnc2)no1)Nc1ccc(Br)cc1F. The number of carbonyl (C=O) groups is 1. The van der Waals surface area contributed by atoms with Gasteiger partial charge in [0.1, 0.15) is 5.82 Å². The van der Waals surface area contributed by atoms with Crippen LogP contribution < -0.4 is 5.32 Å². The van der Waals surface area contributed by atoms with Gasteiger partial charge in [-0.3, -0.25) is 9.78 Å². The predicted octanol–water partition coefficient (Wildman–Crippen LogP) is 3.99. The second kappa shape index (κ2) is 7.98. The molecule has 128 valence electrons. The molecule has 6 nitrogen and oxygen atoms in total. The average Bonchev–Trinajstić information content (AvgIpc) is 3.07. The molecule has 0 radical (unpaired) electrons. The first kappa shape index (κ1) is 17.2. The van der Waals surface area contributed by atoms with Crippen LogP contribution in [0.2, 0.25) is 0 Å². The maximum absolute atomic E-state index is 13.7. The largest absolute Gasteiger partial charge is 0.339 e. The van der Waals surface area contributed by atoms with Crippen molar-refractivity contribution in [2.45, 2.75) is 19.3 Å². The lowest BCUT2D eigenvalue weighted by Gasteiger charge is -2.06. The van der Waals surface area contributed by atoms with E-state index in [1.165, 1.54) is 12.1 Å². The van der Waals surface area contributed by atoms with E-state index in [1.807, 2.05) is 6.07 Å². The normalized spacial score (nSPS) is 10.6. The van der Waals surface area contributed by atoms with Crippen molar-refractivity contribution in [1.29, 1.82) is 0 Å². The zero-order chi connectivity index (χ0) is 17.6. The first-order valence-corrected chi connectivity index (χ1v) is 8.39. The van der Waals surface area contributed by atoms with E-state index in [4.69, 9.17) is 4.52 Å². The molecule has 2 aromatic heterocycles. The van der Waals surface area contributed by atoms with Gasteiger partial charge in [-0.25, -0.2) is 4.39 Å². The fourth-order valence-electron chi connectivity index (χ4n) is 2.17. The second-order valence-corrected chi connectivity index (χ2v) is 6.19. The van der Waals surface area contributed by atoms with Crippen molar-refractivity contribution in [2.75, 3.05) is 5.32 Å². The number of aromatic nitrogens is 3. The van der Waals surface area contributed by atoms with E-state index in [9.17, 15) is 9.18 Å². The number of aryl methyl sites for hydroxylation is 1. The summed E-state index contributed by atoms with van der Waals surface area (Å²) in [5.74, 6) is 0.153. The third-order valence-electron chi connectivity index (χ3n) is 3.39. The van der Waals surface area contributed by atoms with Crippen LogP contribution in [0.4, 0.5) is 10.1 Å². The van der Waals surface area contributed by atoms with Gasteiger partial charge in [-0.1, -0.05) is 21.1 Å². The Morgan fingerprint density at radius 2 is 2.20 bits per heavy atom. The van der Waals surface area contributed by atoms with Gasteiger partial charge in [0.2, 0.25) is 17.6 Å². The number of nitrogens with zero attached hydrogens (tertiary/aromatic N) is 3. The van der Waals surface area contributed by atoms with E-state index in [0.29, 0.717) is 29.0 Å². The molecule has 3 aromatic rings. The van der Waals surface area contributed by atoms with Crippen molar-refractivity contribution in [3.8, 4) is 11.4 Å². The van der Waals surface area contributed by atoms with Gasteiger partial charge >= 0.3 is 0 Å². The highest BCUT2D eigenvalue weighted by atomic mass is 79.9. The number of halogens is 2. The fourth-order valence-corrected chi connectivity index (χ4v) is 2.51. The molecule has 1 amide bonds. The summed E-state index contributed by atoms with van der Waals surface area (Å²) in [4.78, 5) is 20.2. The summed E-state index contributed by atoms with van der Waals surface area (Å²) in [7, 11) is 0. The van der Waals surface area contributed by atoms with Crippen molar-refractivity contribution in [3.05, 3.63) is 58.9 Å². The van der Waals surface area contributed by atoms with Crippen molar-refractivity contribution in [2.24, 2.45) is 0 Å². The van der Waals surface area contributed by atoms with Crippen molar-refractivity contribution in [1.82, 2.24) is 15.1 Å². The molecule has 2 heterocycles. The molecular formula is C17H14BrFN4O2. The van der Waals surface area contributed by atoms with Crippen molar-refractivity contribution < 1.29 is 13.7 Å². The second-order valence-electron chi connectivity index (χ2n) is 5.28. The van der Waals surface area contributed by atoms with Gasteiger partial charge in [-0.15, -0.1) is 0 Å². The van der Waals surface area contributed by atoms with Crippen LogP contribution in [0.15, 0.2) is 51.7 Å². The number of benzene rings is 1. The summed E-state index contributed by atoms with van der Waals surface area (Å²) >= 11 is 3.17. The van der Waals surface area contributed by atoms with Crippen LogP contribution in [0.3, 0.4) is 0 Å². The summed E-state index contributed by atoms with van der Waals surface area (Å²) in [6, 6.07) is 8.10. The lowest BCUT2D eigenvalue weighted by atomic mass is 10.2. The smallest absolute Gasteiger partial charge is 0.226 e. The minimum Gasteiger partial charge on any atom is -0.339 e. The maximum Gasteiger partial charge on any atom is 0.226 e. The van der Waals surface area contributed by atoms with Crippen LogP contribution in [-0.2, 0) is 11.2 Å². The van der Waals surface area contributed by atoms with Crippen LogP contribution in [0.5, 0.6) is 0 Å². The number of pyridine rings is 1. The molecule has 0 aliphatic carbocycles. The standard InChI is InChI=1S/C17H14BrFN4O2/c18-12-6-7-14(13(19)9-12)21-15(24)4-1-5-16-22-17(23-25-16)11-3-2-8-20-10-11/h2-3,6-10H,1,4-5H2,(H,21,24). The van der Waals surface area contributed by atoms with Gasteiger partial charge in [0.25, 0.3) is 0 Å². The highest BCUT2D eigenvalue weighted by Gasteiger charge is 2.11. The number of carbonyl (C=O) groups excluding carboxylic acids is 1. The van der Waals surface area contributed by atoms with E-state index in [0.717, 1.165) is 5.56 Å². The minimum atomic E-state index is -0.485. The number of anilines is 1. The van der Waals surface area contributed by atoms with Crippen LogP contribution in [-0.4, -0.2) is 21.0 Å². The van der Waals surface area contributed by atoms with Gasteiger partial charge in [0, 0.05) is 35.3 Å². The van der Waals surface area contributed by atoms with Crippen LogP contribution >= 0.6 is 15.9 Å². The first-order chi connectivity index (χ1) is 12.1. The van der Waals surface area contributed by atoms with E-state index in [-0.39, 0.29) is 18.0 Å². The molecular weight excluding hydrogens is 391 g/mol. The summed E-state index contributed by atoms with van der Waals surface area (Å²) in [6.45, 7) is 0. The summed E-state index contributed by atoms with van der Waals surface area (Å²) < 4.78 is 19.5. The monoisotopic (exact) mass is 404 g/mol. The quantitative estimate of drug-likeness (QED) is 0.671. The first-order valence-electron chi connectivity index (χ1n) is 7.60. The number of nitrogens with one attached hydrogen (secondary N) is 1. The Hall–Kier alpha value is -2.61. The van der Waals surface area contributed by atoms with E-state index >= 15 is 0 Å². The third kappa shape index (κ3) is 4.69. The fraction of sp³-hybridized carbons (Fsp3) is 0.176. The molecule has 1 N–H and O–H groups in total. The lowest BCUT2D eigenvalue weighted by molar-refractivity contribution is -0.116. The third-order valence-corrected chi connectivity index (χ3v) is 3.88. The number of rotatable bonds is 6.